The Hall–Kier alpha value is -1.26. The Bertz CT molecular complexity index is 412. The predicted molar refractivity (Wildman–Crippen MR) is 67.6 cm³/mol. The van der Waals surface area contributed by atoms with Gasteiger partial charge in [0.2, 0.25) is 5.96 Å². The second-order valence-corrected chi connectivity index (χ2v) is 4.30. The van der Waals surface area contributed by atoms with Gasteiger partial charge in [0.25, 0.3) is 0 Å². The Morgan fingerprint density at radius 2 is 2.25 bits per heavy atom. The molecule has 0 atom stereocenters. The minimum absolute atomic E-state index is 0.415. The molecule has 1 aromatic rings. The maximum Gasteiger partial charge on any atom is 0.210 e. The Morgan fingerprint density at radius 3 is 2.88 bits per heavy atom. The lowest BCUT2D eigenvalue weighted by molar-refractivity contribution is 0.965. The van der Waals surface area contributed by atoms with Gasteiger partial charge in [-0.05, 0) is 37.5 Å². The van der Waals surface area contributed by atoms with Crippen molar-refractivity contribution in [2.45, 2.75) is 25.8 Å². The molecular formula is C11H15ClN4. The maximum absolute atomic E-state index is 6.03. The second-order valence-electron chi connectivity index (χ2n) is 3.89. The highest BCUT2D eigenvalue weighted by molar-refractivity contribution is 6.31. The molecule has 16 heavy (non-hydrogen) atoms. The number of rotatable bonds is 2. The first kappa shape index (κ1) is 11.2. The number of nitrogens with two attached hydrogens (primary N) is 1. The van der Waals surface area contributed by atoms with Crippen LogP contribution in [-0.4, -0.2) is 12.0 Å². The van der Waals surface area contributed by atoms with Crippen molar-refractivity contribution in [2.75, 3.05) is 5.32 Å². The van der Waals surface area contributed by atoms with Gasteiger partial charge in [0.15, 0.2) is 0 Å². The van der Waals surface area contributed by atoms with Gasteiger partial charge < -0.3 is 5.32 Å². The summed E-state index contributed by atoms with van der Waals surface area (Å²) < 4.78 is 0. The van der Waals surface area contributed by atoms with Crippen molar-refractivity contribution >= 4 is 23.2 Å². The number of anilines is 1. The lowest BCUT2D eigenvalue weighted by Gasteiger charge is -2.12. The van der Waals surface area contributed by atoms with E-state index in [0.29, 0.717) is 12.0 Å². The summed E-state index contributed by atoms with van der Waals surface area (Å²) in [6, 6.07) is 6.11. The molecule has 1 aliphatic rings. The molecule has 0 spiro atoms. The number of benzene rings is 1. The Kier molecular flexibility index (Phi) is 3.31. The lowest BCUT2D eigenvalue weighted by atomic mass is 10.2. The molecule has 5 heteroatoms. The molecule has 1 aliphatic carbocycles. The molecule has 1 fully saturated rings. The normalized spacial score (nSPS) is 16.1. The molecule has 1 aromatic carbocycles. The molecule has 0 amide bonds. The summed E-state index contributed by atoms with van der Waals surface area (Å²) in [5, 5.41) is 3.87. The van der Waals surface area contributed by atoms with Crippen LogP contribution in [0.2, 0.25) is 5.02 Å². The van der Waals surface area contributed by atoms with E-state index in [0.717, 1.165) is 29.1 Å². The van der Waals surface area contributed by atoms with Crippen LogP contribution in [0.15, 0.2) is 23.2 Å². The molecule has 0 radical (unpaired) electrons. The fourth-order valence-electron chi connectivity index (χ4n) is 1.36. The van der Waals surface area contributed by atoms with E-state index < -0.39 is 0 Å². The monoisotopic (exact) mass is 238 g/mol. The van der Waals surface area contributed by atoms with Crippen molar-refractivity contribution in [3.8, 4) is 0 Å². The Balaban J connectivity index is 2.15. The molecular weight excluding hydrogens is 224 g/mol. The summed E-state index contributed by atoms with van der Waals surface area (Å²) in [5.41, 5.74) is 4.47. The largest absolute Gasteiger partial charge is 0.325 e. The third kappa shape index (κ3) is 2.65. The fraction of sp³-hybridized carbons (Fsp3) is 0.364. The van der Waals surface area contributed by atoms with E-state index in [1.54, 1.807) is 0 Å². The first-order chi connectivity index (χ1) is 7.70. The van der Waals surface area contributed by atoms with Crippen molar-refractivity contribution in [3.05, 3.63) is 28.8 Å². The molecule has 0 aromatic heterocycles. The van der Waals surface area contributed by atoms with Gasteiger partial charge >= 0.3 is 0 Å². The standard InChI is InChI=1S/C11H15ClN4/c1-7-9(12)3-2-4-10(7)15-11(16-13)14-8-5-6-8/h2-4,8H,5-6,13H2,1H3,(H2,14,15,16). The highest BCUT2D eigenvalue weighted by atomic mass is 35.5. The molecule has 0 unspecified atom stereocenters. The topological polar surface area (TPSA) is 62.4 Å². The van der Waals surface area contributed by atoms with Crippen molar-refractivity contribution < 1.29 is 0 Å². The van der Waals surface area contributed by atoms with Crippen LogP contribution in [0.4, 0.5) is 5.69 Å². The van der Waals surface area contributed by atoms with Gasteiger partial charge in [0.05, 0.1) is 6.04 Å². The van der Waals surface area contributed by atoms with Gasteiger partial charge in [-0.3, -0.25) is 5.43 Å². The van der Waals surface area contributed by atoms with Crippen LogP contribution in [0.3, 0.4) is 0 Å². The van der Waals surface area contributed by atoms with Crippen LogP contribution in [-0.2, 0) is 0 Å². The van der Waals surface area contributed by atoms with Crippen LogP contribution in [0.1, 0.15) is 18.4 Å². The van der Waals surface area contributed by atoms with Gasteiger partial charge in [-0.15, -0.1) is 0 Å². The third-order valence-electron chi connectivity index (χ3n) is 2.52. The minimum Gasteiger partial charge on any atom is -0.325 e. The van der Waals surface area contributed by atoms with Crippen LogP contribution in [0, 0.1) is 6.92 Å². The van der Waals surface area contributed by atoms with Crippen LogP contribution in [0.25, 0.3) is 0 Å². The molecule has 4 N–H and O–H groups in total. The van der Waals surface area contributed by atoms with E-state index in [4.69, 9.17) is 17.4 Å². The first-order valence-corrected chi connectivity index (χ1v) is 5.65. The molecule has 4 nitrogen and oxygen atoms in total. The molecule has 0 aliphatic heterocycles. The van der Waals surface area contributed by atoms with Gasteiger partial charge in [0, 0.05) is 10.7 Å². The molecule has 2 rings (SSSR count). The number of nitrogens with one attached hydrogen (secondary N) is 2. The van der Waals surface area contributed by atoms with Crippen molar-refractivity contribution in [3.63, 3.8) is 0 Å². The van der Waals surface area contributed by atoms with Crippen molar-refractivity contribution in [2.24, 2.45) is 10.8 Å². The van der Waals surface area contributed by atoms with E-state index in [1.165, 1.54) is 0 Å². The highest BCUT2D eigenvalue weighted by Gasteiger charge is 2.21. The second kappa shape index (κ2) is 4.72. The number of hydrogen-bond donors (Lipinski definition) is 3. The summed E-state index contributed by atoms with van der Waals surface area (Å²) in [6.45, 7) is 1.95. The number of halogens is 1. The van der Waals surface area contributed by atoms with Gasteiger partial charge in [-0.2, -0.15) is 0 Å². The smallest absolute Gasteiger partial charge is 0.210 e. The van der Waals surface area contributed by atoms with E-state index in [9.17, 15) is 0 Å². The number of hydrogen-bond acceptors (Lipinski definition) is 2. The fourth-order valence-corrected chi connectivity index (χ4v) is 1.54. The number of guanidine groups is 1. The molecule has 1 saturated carbocycles. The molecule has 86 valence electrons. The minimum atomic E-state index is 0.415. The van der Waals surface area contributed by atoms with Crippen molar-refractivity contribution in [1.29, 1.82) is 0 Å². The van der Waals surface area contributed by atoms with Gasteiger partial charge in [-0.1, -0.05) is 17.7 Å². The van der Waals surface area contributed by atoms with Crippen LogP contribution < -0.4 is 16.6 Å². The highest BCUT2D eigenvalue weighted by Crippen LogP contribution is 2.25. The number of nitrogens with zero attached hydrogens (tertiary/aromatic N) is 1. The van der Waals surface area contributed by atoms with Gasteiger partial charge in [0.1, 0.15) is 0 Å². The van der Waals surface area contributed by atoms with Gasteiger partial charge in [-0.25, -0.2) is 10.8 Å². The van der Waals surface area contributed by atoms with E-state index >= 15 is 0 Å². The summed E-state index contributed by atoms with van der Waals surface area (Å²) in [5.74, 6) is 6.00. The third-order valence-corrected chi connectivity index (χ3v) is 2.93. The van der Waals surface area contributed by atoms with Crippen molar-refractivity contribution in [1.82, 2.24) is 5.43 Å². The zero-order valence-corrected chi connectivity index (χ0v) is 9.88. The number of hydrazine groups is 1. The maximum atomic E-state index is 6.03. The van der Waals surface area contributed by atoms with Crippen LogP contribution >= 0.6 is 11.6 Å². The van der Waals surface area contributed by atoms with Crippen LogP contribution in [0.5, 0.6) is 0 Å². The van der Waals surface area contributed by atoms with E-state index in [1.807, 2.05) is 25.1 Å². The summed E-state index contributed by atoms with van der Waals surface area (Å²) >= 11 is 6.03. The Labute approximate surface area is 99.9 Å². The number of aliphatic imine (C=N–C) groups is 1. The SMILES string of the molecule is Cc1c(Cl)cccc1NC(=NC1CC1)NN. The molecule has 0 heterocycles. The Morgan fingerprint density at radius 1 is 1.50 bits per heavy atom. The first-order valence-electron chi connectivity index (χ1n) is 5.27. The summed E-state index contributed by atoms with van der Waals surface area (Å²) in [7, 11) is 0. The quantitative estimate of drug-likeness (QED) is 0.320. The van der Waals surface area contributed by atoms with E-state index in [-0.39, 0.29) is 0 Å². The predicted octanol–water partition coefficient (Wildman–Crippen LogP) is 2.04. The molecule has 0 bridgehead atoms. The summed E-state index contributed by atoms with van der Waals surface area (Å²) in [4.78, 5) is 4.40. The average molecular weight is 239 g/mol. The summed E-state index contributed by atoms with van der Waals surface area (Å²) in [6.07, 6.45) is 2.28. The zero-order chi connectivity index (χ0) is 11.5. The lowest BCUT2D eigenvalue weighted by Crippen LogP contribution is -2.36. The average Bonchev–Trinajstić information content (AvgIpc) is 3.07. The zero-order valence-electron chi connectivity index (χ0n) is 9.13. The van der Waals surface area contributed by atoms with E-state index in [2.05, 4.69) is 15.7 Å². The molecule has 0 saturated heterocycles.